The van der Waals surface area contributed by atoms with E-state index in [0.29, 0.717) is 16.5 Å². The van der Waals surface area contributed by atoms with Crippen LogP contribution in [0.4, 0.5) is 0 Å². The van der Waals surface area contributed by atoms with Crippen LogP contribution in [0.5, 0.6) is 0 Å². The fourth-order valence-electron chi connectivity index (χ4n) is 4.04. The first-order valence-electron chi connectivity index (χ1n) is 9.15. The van der Waals surface area contributed by atoms with E-state index in [0.717, 1.165) is 41.1 Å². The normalized spacial score (nSPS) is 23.9. The van der Waals surface area contributed by atoms with Crippen LogP contribution in [-0.4, -0.2) is 5.78 Å². The van der Waals surface area contributed by atoms with Crippen LogP contribution in [0.1, 0.15) is 44.7 Å². The minimum absolute atomic E-state index is 0.0707. The van der Waals surface area contributed by atoms with E-state index in [1.165, 1.54) is 0 Å². The molecule has 0 amide bonds. The molecule has 3 aliphatic rings. The molecular formula is C22H22Cl2N2O. The lowest BCUT2D eigenvalue weighted by molar-refractivity contribution is -0.118. The van der Waals surface area contributed by atoms with Crippen molar-refractivity contribution in [1.29, 1.82) is 0 Å². The van der Waals surface area contributed by atoms with Crippen LogP contribution in [0.3, 0.4) is 0 Å². The highest BCUT2D eigenvalue weighted by atomic mass is 35.5. The van der Waals surface area contributed by atoms with Crippen molar-refractivity contribution in [2.24, 2.45) is 5.41 Å². The van der Waals surface area contributed by atoms with Crippen molar-refractivity contribution in [3.8, 4) is 0 Å². The van der Waals surface area contributed by atoms with E-state index in [9.17, 15) is 4.79 Å². The summed E-state index contributed by atoms with van der Waals surface area (Å²) < 4.78 is 0. The Bertz CT molecular complexity index is 938. The van der Waals surface area contributed by atoms with Crippen LogP contribution in [0, 0.1) is 5.41 Å². The van der Waals surface area contributed by atoms with Gasteiger partial charge in [-0.2, -0.15) is 0 Å². The van der Waals surface area contributed by atoms with Crippen LogP contribution in [0.15, 0.2) is 65.2 Å². The quantitative estimate of drug-likeness (QED) is 0.644. The number of rotatable bonds is 1. The predicted octanol–water partition coefficient (Wildman–Crippen LogP) is 5.60. The molecule has 0 bridgehead atoms. The second-order valence-corrected chi connectivity index (χ2v) is 8.93. The number of nitrogens with one attached hydrogen (secondary N) is 2. The molecule has 0 fully saturated rings. The van der Waals surface area contributed by atoms with Crippen molar-refractivity contribution in [2.45, 2.75) is 39.2 Å². The van der Waals surface area contributed by atoms with E-state index >= 15 is 0 Å². The number of halogens is 2. The molecule has 140 valence electrons. The van der Waals surface area contributed by atoms with Crippen molar-refractivity contribution in [1.82, 2.24) is 10.6 Å². The molecule has 2 aliphatic carbocycles. The van der Waals surface area contributed by atoms with Gasteiger partial charge in [-0.05, 0) is 35.6 Å². The number of ketones is 1. The maximum absolute atomic E-state index is 13.2. The zero-order valence-corrected chi connectivity index (χ0v) is 16.9. The molecule has 1 aliphatic heterocycles. The Morgan fingerprint density at radius 2 is 1.93 bits per heavy atom. The second kappa shape index (κ2) is 6.88. The van der Waals surface area contributed by atoms with Gasteiger partial charge < -0.3 is 10.6 Å². The first kappa shape index (κ1) is 18.4. The summed E-state index contributed by atoms with van der Waals surface area (Å²) in [5.41, 5.74) is 4.63. The van der Waals surface area contributed by atoms with Gasteiger partial charge in [-0.3, -0.25) is 4.79 Å². The summed E-state index contributed by atoms with van der Waals surface area (Å²) in [5.74, 6) is 0.162. The predicted molar refractivity (Wildman–Crippen MR) is 110 cm³/mol. The maximum Gasteiger partial charge on any atom is 0.163 e. The lowest BCUT2D eigenvalue weighted by Crippen LogP contribution is -2.34. The molecule has 3 nitrogen and oxygen atoms in total. The zero-order valence-electron chi connectivity index (χ0n) is 15.4. The Kier molecular flexibility index (Phi) is 4.69. The van der Waals surface area contributed by atoms with Crippen molar-refractivity contribution >= 4 is 29.0 Å². The standard InChI is InChI=1S/C22H22Cl2N2O/c1-22(2)11-18-20(19(27)12-22)21(14-9-8-13(23)10-15(14)24)26-17-7-5-3-4-6-16(17)25-18/h3-5,7-10,21,25-26H,6,11-12H2,1-2H3. The number of Topliss-reactive ketones (excluding diaryl/α,β-unsaturated/α-hetero) is 1. The molecule has 1 aromatic rings. The van der Waals surface area contributed by atoms with Gasteiger partial charge in [0.1, 0.15) is 0 Å². The number of hydrogen-bond donors (Lipinski definition) is 2. The highest BCUT2D eigenvalue weighted by Gasteiger charge is 2.39. The first-order valence-corrected chi connectivity index (χ1v) is 9.91. The van der Waals surface area contributed by atoms with Gasteiger partial charge in [-0.1, -0.05) is 61.3 Å². The van der Waals surface area contributed by atoms with E-state index in [2.05, 4.69) is 30.6 Å². The summed E-state index contributed by atoms with van der Waals surface area (Å²) in [7, 11) is 0. The van der Waals surface area contributed by atoms with Gasteiger partial charge >= 0.3 is 0 Å². The van der Waals surface area contributed by atoms with Crippen molar-refractivity contribution < 1.29 is 4.79 Å². The van der Waals surface area contributed by atoms with Gasteiger partial charge in [0.05, 0.1) is 11.7 Å². The minimum atomic E-state index is -0.309. The van der Waals surface area contributed by atoms with Gasteiger partial charge in [0.2, 0.25) is 0 Å². The Balaban J connectivity index is 1.89. The van der Waals surface area contributed by atoms with E-state index in [4.69, 9.17) is 23.2 Å². The number of allylic oxidation sites excluding steroid dienone is 5. The highest BCUT2D eigenvalue weighted by molar-refractivity contribution is 6.35. The molecule has 1 atom stereocenters. The van der Waals surface area contributed by atoms with E-state index in [1.54, 1.807) is 6.07 Å². The molecular weight excluding hydrogens is 379 g/mol. The Morgan fingerprint density at radius 3 is 2.70 bits per heavy atom. The van der Waals surface area contributed by atoms with E-state index < -0.39 is 0 Å². The van der Waals surface area contributed by atoms with Crippen molar-refractivity contribution in [2.75, 3.05) is 0 Å². The summed E-state index contributed by atoms with van der Waals surface area (Å²) in [5, 5.41) is 8.30. The molecule has 0 spiro atoms. The number of carbonyl (C=O) groups excluding carboxylic acids is 1. The Morgan fingerprint density at radius 1 is 1.11 bits per heavy atom. The Labute approximate surface area is 169 Å². The zero-order chi connectivity index (χ0) is 19.2. The molecule has 0 saturated carbocycles. The minimum Gasteiger partial charge on any atom is -0.372 e. The van der Waals surface area contributed by atoms with Crippen molar-refractivity contribution in [3.05, 3.63) is 80.8 Å². The Hall–Kier alpha value is -1.97. The van der Waals surface area contributed by atoms with Gasteiger partial charge in [0, 0.05) is 39.9 Å². The SMILES string of the molecule is CC1(C)CC(=O)C2=C(C1)NC1=C(C=CC=CC1)NC2c1ccc(Cl)cc1Cl. The summed E-state index contributed by atoms with van der Waals surface area (Å²) in [6.45, 7) is 4.28. The highest BCUT2D eigenvalue weighted by Crippen LogP contribution is 2.43. The molecule has 0 saturated heterocycles. The van der Waals surface area contributed by atoms with Crippen molar-refractivity contribution in [3.63, 3.8) is 0 Å². The number of benzene rings is 1. The van der Waals surface area contributed by atoms with Gasteiger partial charge in [-0.15, -0.1) is 0 Å². The number of hydrogen-bond acceptors (Lipinski definition) is 3. The fraction of sp³-hybridized carbons (Fsp3) is 0.318. The monoisotopic (exact) mass is 400 g/mol. The average molecular weight is 401 g/mol. The maximum atomic E-state index is 13.2. The molecule has 0 aromatic heterocycles. The van der Waals surface area contributed by atoms with Gasteiger partial charge in [0.15, 0.2) is 5.78 Å². The van der Waals surface area contributed by atoms with E-state index in [-0.39, 0.29) is 17.2 Å². The molecule has 1 aromatic carbocycles. The topological polar surface area (TPSA) is 41.1 Å². The van der Waals surface area contributed by atoms with Crippen LogP contribution < -0.4 is 10.6 Å². The smallest absolute Gasteiger partial charge is 0.163 e. The van der Waals surface area contributed by atoms with Crippen LogP contribution in [-0.2, 0) is 4.79 Å². The summed E-state index contributed by atoms with van der Waals surface area (Å²) in [6.07, 6.45) is 10.3. The van der Waals surface area contributed by atoms with Gasteiger partial charge in [0.25, 0.3) is 0 Å². The van der Waals surface area contributed by atoms with Gasteiger partial charge in [-0.25, -0.2) is 0 Å². The molecule has 4 rings (SSSR count). The number of carbonyl (C=O) groups is 1. The average Bonchev–Trinajstić information content (AvgIpc) is 2.85. The molecule has 1 heterocycles. The lowest BCUT2D eigenvalue weighted by Gasteiger charge is -2.34. The molecule has 2 N–H and O–H groups in total. The van der Waals surface area contributed by atoms with Crippen LogP contribution in [0.25, 0.3) is 0 Å². The third-order valence-electron chi connectivity index (χ3n) is 5.24. The first-order chi connectivity index (χ1) is 12.8. The molecule has 1 unspecified atom stereocenters. The summed E-state index contributed by atoms with van der Waals surface area (Å²) in [4.78, 5) is 13.2. The third-order valence-corrected chi connectivity index (χ3v) is 5.80. The molecule has 0 radical (unpaired) electrons. The third kappa shape index (κ3) is 3.59. The fourth-order valence-corrected chi connectivity index (χ4v) is 4.56. The van der Waals surface area contributed by atoms with E-state index in [1.807, 2.05) is 30.4 Å². The largest absolute Gasteiger partial charge is 0.372 e. The van der Waals surface area contributed by atoms with Crippen LogP contribution >= 0.6 is 23.2 Å². The second-order valence-electron chi connectivity index (χ2n) is 8.08. The molecule has 5 heteroatoms. The van der Waals surface area contributed by atoms with Crippen LogP contribution in [0.2, 0.25) is 10.0 Å². The molecule has 27 heavy (non-hydrogen) atoms. The lowest BCUT2D eigenvalue weighted by atomic mass is 9.73. The summed E-state index contributed by atoms with van der Waals surface area (Å²) in [6, 6.07) is 5.15. The summed E-state index contributed by atoms with van der Waals surface area (Å²) >= 11 is 12.6.